The van der Waals surface area contributed by atoms with Crippen LogP contribution in [0.25, 0.3) is 0 Å². The molecule has 1 amide bonds. The molecular formula is C15H19F4NO4. The van der Waals surface area contributed by atoms with Crippen molar-refractivity contribution < 1.29 is 37.3 Å². The summed E-state index contributed by atoms with van der Waals surface area (Å²) in [5.74, 6) is -1.31. The highest BCUT2D eigenvalue weighted by molar-refractivity contribution is 5.67. The third-order valence-electron chi connectivity index (χ3n) is 2.87. The van der Waals surface area contributed by atoms with Crippen LogP contribution in [0.15, 0.2) is 18.2 Å². The van der Waals surface area contributed by atoms with Crippen molar-refractivity contribution in [2.45, 2.75) is 44.8 Å². The smallest absolute Gasteiger partial charge is 0.416 e. The van der Waals surface area contributed by atoms with Gasteiger partial charge in [0.2, 0.25) is 0 Å². The molecule has 1 aromatic rings. The van der Waals surface area contributed by atoms with Crippen LogP contribution in [-0.4, -0.2) is 34.6 Å². The molecule has 3 N–H and O–H groups in total. The van der Waals surface area contributed by atoms with E-state index in [1.54, 1.807) is 20.8 Å². The molecule has 24 heavy (non-hydrogen) atoms. The molecule has 0 fully saturated rings. The summed E-state index contributed by atoms with van der Waals surface area (Å²) in [4.78, 5) is 11.4. The van der Waals surface area contributed by atoms with Gasteiger partial charge in [-0.15, -0.1) is 0 Å². The minimum atomic E-state index is -4.91. The van der Waals surface area contributed by atoms with Crippen LogP contribution in [-0.2, 0) is 10.9 Å². The van der Waals surface area contributed by atoms with Gasteiger partial charge >= 0.3 is 12.3 Å². The first-order valence-corrected chi connectivity index (χ1v) is 7.01. The summed E-state index contributed by atoms with van der Waals surface area (Å²) in [5.41, 5.74) is -3.29. The largest absolute Gasteiger partial charge is 0.444 e. The summed E-state index contributed by atoms with van der Waals surface area (Å²) in [5, 5.41) is 21.7. The molecule has 0 aliphatic rings. The van der Waals surface area contributed by atoms with Gasteiger partial charge in [-0.2, -0.15) is 13.2 Å². The molecule has 1 aromatic carbocycles. The zero-order valence-corrected chi connectivity index (χ0v) is 13.3. The highest BCUT2D eigenvalue weighted by Gasteiger charge is 2.38. The third kappa shape index (κ3) is 5.64. The van der Waals surface area contributed by atoms with E-state index in [9.17, 15) is 32.6 Å². The summed E-state index contributed by atoms with van der Waals surface area (Å²) in [6, 6.07) is 2.18. The van der Waals surface area contributed by atoms with Gasteiger partial charge in [-0.1, -0.05) is 6.07 Å². The number of rotatable bonds is 4. The number of hydrogen-bond donors (Lipinski definition) is 3. The Balaban J connectivity index is 2.87. The van der Waals surface area contributed by atoms with Gasteiger partial charge in [-0.05, 0) is 32.9 Å². The zero-order chi connectivity index (χ0) is 18.7. The van der Waals surface area contributed by atoms with E-state index in [0.29, 0.717) is 6.07 Å². The lowest BCUT2D eigenvalue weighted by molar-refractivity contribution is -0.140. The van der Waals surface area contributed by atoms with Gasteiger partial charge in [-0.3, -0.25) is 0 Å². The van der Waals surface area contributed by atoms with E-state index in [4.69, 9.17) is 4.74 Å². The van der Waals surface area contributed by atoms with Crippen LogP contribution in [0.4, 0.5) is 22.4 Å². The molecule has 0 saturated heterocycles. The maximum Gasteiger partial charge on any atom is 0.416 e. The summed E-state index contributed by atoms with van der Waals surface area (Å²) < 4.78 is 57.3. The third-order valence-corrected chi connectivity index (χ3v) is 2.87. The fourth-order valence-electron chi connectivity index (χ4n) is 1.89. The molecule has 0 saturated carbocycles. The molecule has 0 heterocycles. The average molecular weight is 353 g/mol. The SMILES string of the molecule is CC(C)(C)OC(=O)NCC(O)C(O)c1c(F)cccc1C(F)(F)F. The molecule has 2 unspecified atom stereocenters. The fourth-order valence-corrected chi connectivity index (χ4v) is 1.89. The highest BCUT2D eigenvalue weighted by atomic mass is 19.4. The van der Waals surface area contributed by atoms with Gasteiger partial charge in [0.25, 0.3) is 0 Å². The van der Waals surface area contributed by atoms with Gasteiger partial charge < -0.3 is 20.3 Å². The van der Waals surface area contributed by atoms with E-state index in [0.717, 1.165) is 12.1 Å². The topological polar surface area (TPSA) is 78.8 Å². The quantitative estimate of drug-likeness (QED) is 0.728. The Bertz CT molecular complexity index is 584. The van der Waals surface area contributed by atoms with Crippen molar-refractivity contribution >= 4 is 6.09 Å². The molecule has 1 rings (SSSR count). The molecule has 5 nitrogen and oxygen atoms in total. The number of alkyl halides is 3. The standard InChI is InChI=1S/C15H19F4NO4/c1-14(2,3)24-13(23)20-7-10(21)12(22)11-8(15(17,18)19)5-4-6-9(11)16/h4-6,10,12,21-22H,7H2,1-3H3,(H,20,23). The summed E-state index contributed by atoms with van der Waals surface area (Å²) in [7, 11) is 0. The maximum absolute atomic E-state index is 13.7. The number of ether oxygens (including phenoxy) is 1. The van der Waals surface area contributed by atoms with Crippen LogP contribution >= 0.6 is 0 Å². The predicted octanol–water partition coefficient (Wildman–Crippen LogP) is 2.76. The van der Waals surface area contributed by atoms with E-state index in [2.05, 4.69) is 5.32 Å². The molecule has 0 aliphatic carbocycles. The van der Waals surface area contributed by atoms with Gasteiger partial charge in [0.15, 0.2) is 0 Å². The van der Waals surface area contributed by atoms with Crippen molar-refractivity contribution in [1.29, 1.82) is 0 Å². The number of carbonyl (C=O) groups excluding carboxylic acids is 1. The summed E-state index contributed by atoms with van der Waals surface area (Å²) in [6.07, 6.45) is -9.89. The molecule has 136 valence electrons. The normalized spacial score (nSPS) is 14.9. The minimum absolute atomic E-state index is 0.593. The Morgan fingerprint density at radius 3 is 2.33 bits per heavy atom. The van der Waals surface area contributed by atoms with Crippen molar-refractivity contribution in [1.82, 2.24) is 5.32 Å². The molecular weight excluding hydrogens is 334 g/mol. The molecule has 9 heteroatoms. The molecule has 0 aliphatic heterocycles. The Hall–Kier alpha value is -1.87. The number of alkyl carbamates (subject to hydrolysis) is 1. The second-order valence-corrected chi connectivity index (χ2v) is 6.09. The first-order chi connectivity index (χ1) is 10.8. The number of benzene rings is 1. The van der Waals surface area contributed by atoms with Crippen LogP contribution in [0.3, 0.4) is 0 Å². The van der Waals surface area contributed by atoms with Crippen molar-refractivity contribution in [3.8, 4) is 0 Å². The average Bonchev–Trinajstić information content (AvgIpc) is 2.41. The Labute approximate surface area is 136 Å². The molecule has 0 bridgehead atoms. The number of hydrogen-bond acceptors (Lipinski definition) is 4. The van der Waals surface area contributed by atoms with Crippen molar-refractivity contribution in [2.24, 2.45) is 0 Å². The summed E-state index contributed by atoms with van der Waals surface area (Å²) in [6.45, 7) is 4.15. The molecule has 0 aromatic heterocycles. The fraction of sp³-hybridized carbons (Fsp3) is 0.533. The second-order valence-electron chi connectivity index (χ2n) is 6.09. The minimum Gasteiger partial charge on any atom is -0.444 e. The van der Waals surface area contributed by atoms with E-state index in [1.807, 2.05) is 0 Å². The van der Waals surface area contributed by atoms with Crippen molar-refractivity contribution in [3.05, 3.63) is 35.1 Å². The Morgan fingerprint density at radius 2 is 1.83 bits per heavy atom. The van der Waals surface area contributed by atoms with Crippen molar-refractivity contribution in [3.63, 3.8) is 0 Å². The van der Waals surface area contributed by atoms with Crippen LogP contribution < -0.4 is 5.32 Å². The number of aliphatic hydroxyl groups is 2. The van der Waals surface area contributed by atoms with E-state index >= 15 is 0 Å². The number of carbonyl (C=O) groups is 1. The van der Waals surface area contributed by atoms with E-state index in [-0.39, 0.29) is 0 Å². The van der Waals surface area contributed by atoms with Crippen LogP contribution in [0.5, 0.6) is 0 Å². The van der Waals surface area contributed by atoms with Gasteiger partial charge in [-0.25, -0.2) is 9.18 Å². The molecule has 2 atom stereocenters. The van der Waals surface area contributed by atoms with Gasteiger partial charge in [0, 0.05) is 12.1 Å². The van der Waals surface area contributed by atoms with Gasteiger partial charge in [0.1, 0.15) is 23.6 Å². The summed E-state index contributed by atoms with van der Waals surface area (Å²) >= 11 is 0. The van der Waals surface area contributed by atoms with Crippen LogP contribution in [0, 0.1) is 5.82 Å². The number of aliphatic hydroxyl groups excluding tert-OH is 2. The maximum atomic E-state index is 13.7. The second kappa shape index (κ2) is 7.35. The number of amides is 1. The monoisotopic (exact) mass is 353 g/mol. The highest BCUT2D eigenvalue weighted by Crippen LogP contribution is 2.36. The first kappa shape index (κ1) is 20.2. The van der Waals surface area contributed by atoms with Gasteiger partial charge in [0.05, 0.1) is 5.56 Å². The lowest BCUT2D eigenvalue weighted by Crippen LogP contribution is -2.39. The predicted molar refractivity (Wildman–Crippen MR) is 76.6 cm³/mol. The Kier molecular flexibility index (Phi) is 6.18. The number of halogens is 4. The number of nitrogens with one attached hydrogen (secondary N) is 1. The zero-order valence-electron chi connectivity index (χ0n) is 13.3. The van der Waals surface area contributed by atoms with E-state index < -0.39 is 53.6 Å². The van der Waals surface area contributed by atoms with E-state index in [1.165, 1.54) is 0 Å². The van der Waals surface area contributed by atoms with Crippen molar-refractivity contribution in [2.75, 3.05) is 6.54 Å². The first-order valence-electron chi connectivity index (χ1n) is 7.01. The van der Waals surface area contributed by atoms with Crippen LogP contribution in [0.2, 0.25) is 0 Å². The lowest BCUT2D eigenvalue weighted by atomic mass is 9.97. The molecule has 0 spiro atoms. The molecule has 0 radical (unpaired) electrons. The lowest BCUT2D eigenvalue weighted by Gasteiger charge is -2.24. The Morgan fingerprint density at radius 1 is 1.25 bits per heavy atom. The van der Waals surface area contributed by atoms with Crippen LogP contribution in [0.1, 0.15) is 38.0 Å².